The van der Waals surface area contributed by atoms with Gasteiger partial charge in [-0.2, -0.15) is 0 Å². The number of ether oxygens (including phenoxy) is 2. The monoisotopic (exact) mass is 505 g/mol. The van der Waals surface area contributed by atoms with Crippen molar-refractivity contribution in [3.63, 3.8) is 0 Å². The SMILES string of the molecule is CCOc1cc(C2CC(=O)Nc3c(S(=O)(=O)c4ccc(Cl)cc4)csc32)ccc1OC(C)C. The molecular weight excluding hydrogens is 482 g/mol. The molecule has 2 aromatic carbocycles. The van der Waals surface area contributed by atoms with Crippen molar-refractivity contribution in [1.82, 2.24) is 0 Å². The predicted molar refractivity (Wildman–Crippen MR) is 130 cm³/mol. The van der Waals surface area contributed by atoms with Crippen molar-refractivity contribution in [3.8, 4) is 11.5 Å². The number of benzene rings is 2. The maximum absolute atomic E-state index is 13.3. The van der Waals surface area contributed by atoms with Gasteiger partial charge in [-0.1, -0.05) is 17.7 Å². The van der Waals surface area contributed by atoms with Gasteiger partial charge in [-0.15, -0.1) is 11.3 Å². The van der Waals surface area contributed by atoms with Crippen LogP contribution in [0.2, 0.25) is 5.02 Å². The van der Waals surface area contributed by atoms with Crippen molar-refractivity contribution < 1.29 is 22.7 Å². The van der Waals surface area contributed by atoms with Gasteiger partial charge >= 0.3 is 0 Å². The van der Waals surface area contributed by atoms with Crippen LogP contribution in [0.15, 0.2) is 57.6 Å². The van der Waals surface area contributed by atoms with Crippen LogP contribution in [0.4, 0.5) is 5.69 Å². The molecule has 4 rings (SSSR count). The summed E-state index contributed by atoms with van der Waals surface area (Å²) in [5.74, 6) is 0.703. The Balaban J connectivity index is 1.77. The number of anilines is 1. The number of amides is 1. The molecule has 1 unspecified atom stereocenters. The van der Waals surface area contributed by atoms with Crippen LogP contribution < -0.4 is 14.8 Å². The molecule has 0 spiro atoms. The molecule has 1 aliphatic rings. The van der Waals surface area contributed by atoms with Crippen molar-refractivity contribution in [2.45, 2.75) is 49.0 Å². The van der Waals surface area contributed by atoms with E-state index < -0.39 is 9.84 Å². The van der Waals surface area contributed by atoms with E-state index in [4.69, 9.17) is 21.1 Å². The zero-order valence-electron chi connectivity index (χ0n) is 18.4. The summed E-state index contributed by atoms with van der Waals surface area (Å²) >= 11 is 7.24. The molecular formula is C24H24ClNO5S2. The number of fused-ring (bicyclic) bond motifs is 1. The van der Waals surface area contributed by atoms with Crippen LogP contribution in [0.3, 0.4) is 0 Å². The Labute approximate surface area is 202 Å². The third kappa shape index (κ3) is 4.74. The van der Waals surface area contributed by atoms with Gasteiger partial charge in [0.25, 0.3) is 0 Å². The molecule has 9 heteroatoms. The fraction of sp³-hybridized carbons (Fsp3) is 0.292. The molecule has 1 amide bonds. The Hall–Kier alpha value is -2.55. The minimum Gasteiger partial charge on any atom is -0.490 e. The van der Waals surface area contributed by atoms with Crippen molar-refractivity contribution in [3.05, 3.63) is 63.3 Å². The smallest absolute Gasteiger partial charge is 0.225 e. The maximum Gasteiger partial charge on any atom is 0.225 e. The lowest BCUT2D eigenvalue weighted by Gasteiger charge is -2.25. The van der Waals surface area contributed by atoms with Gasteiger partial charge in [-0.05, 0) is 62.7 Å². The predicted octanol–water partition coefficient (Wildman–Crippen LogP) is 5.89. The first-order valence-electron chi connectivity index (χ1n) is 10.6. The number of hydrogen-bond donors (Lipinski definition) is 1. The summed E-state index contributed by atoms with van der Waals surface area (Å²) in [7, 11) is -3.83. The molecule has 3 aromatic rings. The van der Waals surface area contributed by atoms with Crippen LogP contribution in [-0.4, -0.2) is 27.0 Å². The molecule has 2 heterocycles. The highest BCUT2D eigenvalue weighted by molar-refractivity contribution is 7.91. The van der Waals surface area contributed by atoms with Crippen molar-refractivity contribution in [2.75, 3.05) is 11.9 Å². The Bertz CT molecular complexity index is 1280. The first kappa shape index (κ1) is 23.6. The highest BCUT2D eigenvalue weighted by atomic mass is 35.5. The normalized spacial score (nSPS) is 15.8. The van der Waals surface area contributed by atoms with Gasteiger partial charge in [0.1, 0.15) is 4.90 Å². The second kappa shape index (κ2) is 9.37. The summed E-state index contributed by atoms with van der Waals surface area (Å²) in [6, 6.07) is 11.6. The van der Waals surface area contributed by atoms with Gasteiger partial charge in [0, 0.05) is 27.6 Å². The summed E-state index contributed by atoms with van der Waals surface area (Å²) in [6.45, 7) is 6.24. The van der Waals surface area contributed by atoms with Gasteiger partial charge in [0.15, 0.2) is 11.5 Å². The van der Waals surface area contributed by atoms with Crippen LogP contribution in [0.25, 0.3) is 0 Å². The molecule has 0 fully saturated rings. The summed E-state index contributed by atoms with van der Waals surface area (Å²) in [5.41, 5.74) is 1.21. The molecule has 0 aliphatic carbocycles. The number of thiophene rings is 1. The van der Waals surface area contributed by atoms with Gasteiger partial charge in [-0.25, -0.2) is 8.42 Å². The molecule has 1 aromatic heterocycles. The first-order chi connectivity index (χ1) is 15.7. The van der Waals surface area contributed by atoms with E-state index in [1.165, 1.54) is 35.6 Å². The molecule has 1 atom stereocenters. The van der Waals surface area contributed by atoms with Crippen LogP contribution >= 0.6 is 22.9 Å². The fourth-order valence-electron chi connectivity index (χ4n) is 3.77. The standard InChI is InChI=1S/C24H24ClNO5S2/c1-4-30-20-11-15(5-10-19(20)31-14(2)3)18-12-22(27)26-23-21(13-32-24(18)23)33(28,29)17-8-6-16(25)7-9-17/h5-11,13-14,18H,4,12H2,1-3H3,(H,26,27). The van der Waals surface area contributed by atoms with Gasteiger partial charge in [0.05, 0.1) is 23.3 Å². The maximum atomic E-state index is 13.3. The summed E-state index contributed by atoms with van der Waals surface area (Å²) in [6.07, 6.45) is 0.198. The van der Waals surface area contributed by atoms with Crippen LogP contribution in [0.5, 0.6) is 11.5 Å². The molecule has 33 heavy (non-hydrogen) atoms. The number of halogens is 1. The summed E-state index contributed by atoms with van der Waals surface area (Å²) in [5, 5.41) is 4.82. The number of sulfone groups is 1. The highest BCUT2D eigenvalue weighted by Crippen LogP contribution is 2.47. The Morgan fingerprint density at radius 1 is 1.15 bits per heavy atom. The van der Waals surface area contributed by atoms with Gasteiger partial charge in [-0.3, -0.25) is 4.79 Å². The molecule has 0 radical (unpaired) electrons. The molecule has 1 aliphatic heterocycles. The number of carbonyl (C=O) groups excluding carboxylic acids is 1. The lowest BCUT2D eigenvalue weighted by Crippen LogP contribution is -2.23. The van der Waals surface area contributed by atoms with E-state index >= 15 is 0 Å². The Morgan fingerprint density at radius 3 is 2.55 bits per heavy atom. The van der Waals surface area contributed by atoms with E-state index in [1.54, 1.807) is 5.38 Å². The van der Waals surface area contributed by atoms with E-state index in [1.807, 2.05) is 39.0 Å². The second-order valence-electron chi connectivity index (χ2n) is 7.91. The van der Waals surface area contributed by atoms with E-state index in [0.717, 1.165) is 10.4 Å². The van der Waals surface area contributed by atoms with Crippen LogP contribution in [0.1, 0.15) is 43.6 Å². The summed E-state index contributed by atoms with van der Waals surface area (Å²) in [4.78, 5) is 13.6. The number of rotatable bonds is 7. The number of hydrogen-bond acceptors (Lipinski definition) is 6. The zero-order valence-corrected chi connectivity index (χ0v) is 20.8. The van der Waals surface area contributed by atoms with Gasteiger partial charge in [0.2, 0.25) is 15.7 Å². The molecule has 6 nitrogen and oxygen atoms in total. The van der Waals surface area contributed by atoms with Crippen molar-refractivity contribution in [2.24, 2.45) is 0 Å². The fourth-order valence-corrected chi connectivity index (χ4v) is 6.81. The topological polar surface area (TPSA) is 81.7 Å². The van der Waals surface area contributed by atoms with Crippen LogP contribution in [0, 0.1) is 0 Å². The van der Waals surface area contributed by atoms with E-state index in [0.29, 0.717) is 28.8 Å². The Kier molecular flexibility index (Phi) is 6.70. The average molecular weight is 506 g/mol. The quantitative estimate of drug-likeness (QED) is 0.432. The second-order valence-corrected chi connectivity index (χ2v) is 11.2. The molecule has 0 bridgehead atoms. The van der Waals surface area contributed by atoms with Crippen LogP contribution in [-0.2, 0) is 14.6 Å². The molecule has 1 N–H and O–H groups in total. The number of nitrogens with one attached hydrogen (secondary N) is 1. The van der Waals surface area contributed by atoms with E-state index in [9.17, 15) is 13.2 Å². The highest BCUT2D eigenvalue weighted by Gasteiger charge is 2.34. The third-order valence-corrected chi connectivity index (χ3v) is 8.49. The van der Waals surface area contributed by atoms with E-state index in [2.05, 4.69) is 5.32 Å². The van der Waals surface area contributed by atoms with E-state index in [-0.39, 0.29) is 34.1 Å². The Morgan fingerprint density at radius 2 is 1.88 bits per heavy atom. The minimum absolute atomic E-state index is 0.0138. The average Bonchev–Trinajstić information content (AvgIpc) is 3.19. The van der Waals surface area contributed by atoms with Gasteiger partial charge < -0.3 is 14.8 Å². The van der Waals surface area contributed by atoms with Crippen molar-refractivity contribution in [1.29, 1.82) is 0 Å². The first-order valence-corrected chi connectivity index (χ1v) is 13.3. The summed E-state index contributed by atoms with van der Waals surface area (Å²) < 4.78 is 38.2. The largest absolute Gasteiger partial charge is 0.490 e. The molecule has 0 saturated carbocycles. The molecule has 174 valence electrons. The lowest BCUT2D eigenvalue weighted by atomic mass is 9.90. The number of carbonyl (C=O) groups is 1. The molecule has 0 saturated heterocycles. The lowest BCUT2D eigenvalue weighted by molar-refractivity contribution is -0.116. The third-order valence-electron chi connectivity index (χ3n) is 5.20. The van der Waals surface area contributed by atoms with Crippen molar-refractivity contribution >= 4 is 44.4 Å². The zero-order chi connectivity index (χ0) is 23.8. The minimum atomic E-state index is -3.83.